The Bertz CT molecular complexity index is 394. The zero-order valence-electron chi connectivity index (χ0n) is 10.1. The molecule has 0 bridgehead atoms. The van der Waals surface area contributed by atoms with E-state index in [-0.39, 0.29) is 5.91 Å². The number of carbonyl (C=O) groups is 1. The molecule has 0 aromatic carbocycles. The zero-order chi connectivity index (χ0) is 12.1. The molecule has 92 valence electrons. The van der Waals surface area contributed by atoms with E-state index in [2.05, 4.69) is 26.6 Å². The number of pyridine rings is 1. The van der Waals surface area contributed by atoms with E-state index in [0.29, 0.717) is 6.42 Å². The normalized spacial score (nSPS) is 17.4. The first-order chi connectivity index (χ1) is 8.29. The number of rotatable bonds is 3. The van der Waals surface area contributed by atoms with Gasteiger partial charge in [0.05, 0.1) is 0 Å². The van der Waals surface area contributed by atoms with Crippen molar-refractivity contribution in [3.63, 3.8) is 0 Å². The molecule has 5 nitrogen and oxygen atoms in total. The minimum Gasteiger partial charge on any atom is -0.373 e. The van der Waals surface area contributed by atoms with Crippen LogP contribution in [0.25, 0.3) is 0 Å². The first kappa shape index (κ1) is 11.9. The lowest BCUT2D eigenvalue weighted by atomic mass is 10.2. The molecular weight excluding hydrogens is 216 g/mol. The lowest BCUT2D eigenvalue weighted by molar-refractivity contribution is -0.120. The molecule has 0 spiro atoms. The summed E-state index contributed by atoms with van der Waals surface area (Å²) in [6.07, 6.45) is 2.36. The quantitative estimate of drug-likeness (QED) is 0.797. The second-order valence-electron chi connectivity index (χ2n) is 4.14. The van der Waals surface area contributed by atoms with Crippen LogP contribution in [-0.4, -0.2) is 42.5 Å². The molecule has 17 heavy (non-hydrogen) atoms. The number of hydrogen-bond donors (Lipinski definition) is 2. The fourth-order valence-corrected chi connectivity index (χ4v) is 2.00. The maximum Gasteiger partial charge on any atom is 0.221 e. The summed E-state index contributed by atoms with van der Waals surface area (Å²) in [6, 6.07) is 4.01. The van der Waals surface area contributed by atoms with Crippen LogP contribution in [0.4, 0.5) is 5.82 Å². The maximum atomic E-state index is 11.2. The van der Waals surface area contributed by atoms with Crippen LogP contribution in [0.1, 0.15) is 12.0 Å². The first-order valence-corrected chi connectivity index (χ1v) is 5.90. The van der Waals surface area contributed by atoms with Gasteiger partial charge in [-0.25, -0.2) is 4.98 Å². The molecule has 0 radical (unpaired) electrons. The van der Waals surface area contributed by atoms with E-state index < -0.39 is 0 Å². The Hall–Kier alpha value is -1.62. The molecule has 2 heterocycles. The van der Waals surface area contributed by atoms with Crippen LogP contribution < -0.4 is 10.6 Å². The van der Waals surface area contributed by atoms with Crippen LogP contribution in [0.2, 0.25) is 0 Å². The highest BCUT2D eigenvalue weighted by molar-refractivity contribution is 5.76. The van der Waals surface area contributed by atoms with Crippen LogP contribution in [0, 0.1) is 0 Å². The summed E-state index contributed by atoms with van der Waals surface area (Å²) in [4.78, 5) is 17.8. The van der Waals surface area contributed by atoms with E-state index in [0.717, 1.165) is 32.0 Å². The molecular formula is C12H18N4O. The van der Waals surface area contributed by atoms with Crippen molar-refractivity contribution in [1.82, 2.24) is 15.2 Å². The smallest absolute Gasteiger partial charge is 0.221 e. The van der Waals surface area contributed by atoms with Crippen molar-refractivity contribution in [2.75, 3.05) is 32.0 Å². The van der Waals surface area contributed by atoms with Crippen molar-refractivity contribution in [3.8, 4) is 0 Å². The molecule has 1 amide bonds. The second-order valence-corrected chi connectivity index (χ2v) is 4.14. The summed E-state index contributed by atoms with van der Waals surface area (Å²) in [5, 5.41) is 5.97. The number of carbonyl (C=O) groups excluding carboxylic acids is 1. The van der Waals surface area contributed by atoms with Gasteiger partial charge in [0.1, 0.15) is 5.82 Å². The lowest BCUT2D eigenvalue weighted by Crippen LogP contribution is -2.28. The molecule has 0 atom stereocenters. The average Bonchev–Trinajstić information content (AvgIpc) is 2.55. The number of hydrogen-bond acceptors (Lipinski definition) is 4. The summed E-state index contributed by atoms with van der Waals surface area (Å²) < 4.78 is 0. The molecule has 2 rings (SSSR count). The molecule has 1 saturated heterocycles. The molecule has 1 aliphatic rings. The SMILES string of the molecule is CNc1ncccc1CN1CCNC(=O)CC1. The first-order valence-electron chi connectivity index (χ1n) is 5.90. The van der Waals surface area contributed by atoms with Gasteiger partial charge < -0.3 is 10.6 Å². The Labute approximate surface area is 101 Å². The van der Waals surface area contributed by atoms with Gasteiger partial charge in [-0.15, -0.1) is 0 Å². The van der Waals surface area contributed by atoms with E-state index in [9.17, 15) is 4.79 Å². The molecule has 1 fully saturated rings. The molecule has 5 heteroatoms. The van der Waals surface area contributed by atoms with Crippen molar-refractivity contribution >= 4 is 11.7 Å². The van der Waals surface area contributed by atoms with Crippen LogP contribution in [0.3, 0.4) is 0 Å². The van der Waals surface area contributed by atoms with Crippen molar-refractivity contribution in [1.29, 1.82) is 0 Å². The molecule has 0 unspecified atom stereocenters. The molecule has 0 saturated carbocycles. The largest absolute Gasteiger partial charge is 0.373 e. The Balaban J connectivity index is 2.02. The molecule has 1 aromatic rings. The van der Waals surface area contributed by atoms with E-state index >= 15 is 0 Å². The standard InChI is InChI=1S/C12H18N4O/c1-13-12-10(3-2-5-15-12)9-16-7-4-11(17)14-6-8-16/h2-3,5H,4,6-9H2,1H3,(H,13,15)(H,14,17). The fourth-order valence-electron chi connectivity index (χ4n) is 2.00. The van der Waals surface area contributed by atoms with E-state index in [1.54, 1.807) is 6.20 Å². The van der Waals surface area contributed by atoms with Crippen molar-refractivity contribution < 1.29 is 4.79 Å². The third-order valence-corrected chi connectivity index (χ3v) is 2.93. The van der Waals surface area contributed by atoms with E-state index in [1.165, 1.54) is 5.56 Å². The Kier molecular flexibility index (Phi) is 3.93. The van der Waals surface area contributed by atoms with Crippen LogP contribution in [0.5, 0.6) is 0 Å². The van der Waals surface area contributed by atoms with E-state index in [4.69, 9.17) is 0 Å². The number of nitrogens with zero attached hydrogens (tertiary/aromatic N) is 2. The molecule has 1 aromatic heterocycles. The number of amides is 1. The van der Waals surface area contributed by atoms with Gasteiger partial charge in [0.15, 0.2) is 0 Å². The number of nitrogens with one attached hydrogen (secondary N) is 2. The van der Waals surface area contributed by atoms with Gasteiger partial charge in [-0.2, -0.15) is 0 Å². The van der Waals surface area contributed by atoms with Gasteiger partial charge in [0.25, 0.3) is 0 Å². The third-order valence-electron chi connectivity index (χ3n) is 2.93. The molecule has 0 aliphatic carbocycles. The fraction of sp³-hybridized carbons (Fsp3) is 0.500. The highest BCUT2D eigenvalue weighted by atomic mass is 16.1. The van der Waals surface area contributed by atoms with Crippen LogP contribution in [-0.2, 0) is 11.3 Å². The Morgan fingerprint density at radius 3 is 3.24 bits per heavy atom. The number of aromatic nitrogens is 1. The van der Waals surface area contributed by atoms with Crippen molar-refractivity contribution in [3.05, 3.63) is 23.9 Å². The van der Waals surface area contributed by atoms with Gasteiger partial charge in [0.2, 0.25) is 5.91 Å². The monoisotopic (exact) mass is 234 g/mol. The predicted octanol–water partition coefficient (Wildman–Crippen LogP) is 0.445. The van der Waals surface area contributed by atoms with E-state index in [1.807, 2.05) is 13.1 Å². The van der Waals surface area contributed by atoms with Gasteiger partial charge in [0, 0.05) is 51.4 Å². The summed E-state index contributed by atoms with van der Waals surface area (Å²) >= 11 is 0. The summed E-state index contributed by atoms with van der Waals surface area (Å²) in [5.74, 6) is 1.06. The number of anilines is 1. The van der Waals surface area contributed by atoms with Crippen molar-refractivity contribution in [2.45, 2.75) is 13.0 Å². The summed E-state index contributed by atoms with van der Waals surface area (Å²) in [6.45, 7) is 3.26. The maximum absolute atomic E-state index is 11.2. The van der Waals surface area contributed by atoms with Crippen LogP contribution in [0.15, 0.2) is 18.3 Å². The highest BCUT2D eigenvalue weighted by Gasteiger charge is 2.14. The zero-order valence-corrected chi connectivity index (χ0v) is 10.1. The minimum atomic E-state index is 0.146. The topological polar surface area (TPSA) is 57.3 Å². The average molecular weight is 234 g/mol. The molecule has 2 N–H and O–H groups in total. The van der Waals surface area contributed by atoms with Gasteiger partial charge in [-0.3, -0.25) is 9.69 Å². The summed E-state index contributed by atoms with van der Waals surface area (Å²) in [7, 11) is 1.87. The Morgan fingerprint density at radius 1 is 1.53 bits per heavy atom. The van der Waals surface area contributed by atoms with Crippen molar-refractivity contribution in [2.24, 2.45) is 0 Å². The van der Waals surface area contributed by atoms with Gasteiger partial charge in [-0.1, -0.05) is 6.07 Å². The highest BCUT2D eigenvalue weighted by Crippen LogP contribution is 2.14. The summed E-state index contributed by atoms with van der Waals surface area (Å²) in [5.41, 5.74) is 1.17. The van der Waals surface area contributed by atoms with Gasteiger partial charge >= 0.3 is 0 Å². The predicted molar refractivity (Wildman–Crippen MR) is 66.7 cm³/mol. The van der Waals surface area contributed by atoms with Gasteiger partial charge in [-0.05, 0) is 6.07 Å². The Morgan fingerprint density at radius 2 is 2.41 bits per heavy atom. The lowest BCUT2D eigenvalue weighted by Gasteiger charge is -2.20. The third kappa shape index (κ3) is 3.17. The molecule has 1 aliphatic heterocycles. The minimum absolute atomic E-state index is 0.146. The second kappa shape index (κ2) is 5.63. The van der Waals surface area contributed by atoms with Crippen LogP contribution >= 0.6 is 0 Å².